The largest absolute Gasteiger partial charge is 0.437 e. The molecule has 2 rings (SSSR count). The van der Waals surface area contributed by atoms with Gasteiger partial charge in [-0.3, -0.25) is 4.98 Å². The fourth-order valence-electron chi connectivity index (χ4n) is 1.58. The highest BCUT2D eigenvalue weighted by atomic mass is 35.5. The predicted molar refractivity (Wildman–Crippen MR) is 69.9 cm³/mol. The van der Waals surface area contributed by atoms with Crippen LogP contribution in [0.3, 0.4) is 0 Å². The van der Waals surface area contributed by atoms with E-state index in [4.69, 9.17) is 22.1 Å². The Balaban J connectivity index is 2.37. The highest BCUT2D eigenvalue weighted by Crippen LogP contribution is 2.31. The first kappa shape index (κ1) is 12.6. The molecule has 5 nitrogen and oxygen atoms in total. The van der Waals surface area contributed by atoms with Gasteiger partial charge in [-0.05, 0) is 5.92 Å². The van der Waals surface area contributed by atoms with Gasteiger partial charge >= 0.3 is 0 Å². The van der Waals surface area contributed by atoms with E-state index in [1.54, 1.807) is 12.3 Å². The van der Waals surface area contributed by atoms with Crippen LogP contribution in [-0.2, 0) is 0 Å². The van der Waals surface area contributed by atoms with E-state index >= 15 is 0 Å². The first-order chi connectivity index (χ1) is 8.58. The molecule has 0 spiro atoms. The van der Waals surface area contributed by atoms with Crippen molar-refractivity contribution in [2.45, 2.75) is 19.8 Å². The zero-order chi connectivity index (χ0) is 13.1. The molecule has 0 bridgehead atoms. The second kappa shape index (κ2) is 5.18. The fourth-order valence-corrected chi connectivity index (χ4v) is 1.74. The third-order valence-corrected chi connectivity index (χ3v) is 2.56. The Kier molecular flexibility index (Phi) is 3.62. The molecule has 6 heteroatoms. The molecule has 0 aliphatic heterocycles. The first-order valence-corrected chi connectivity index (χ1v) is 5.84. The zero-order valence-corrected chi connectivity index (χ0v) is 10.8. The van der Waals surface area contributed by atoms with Gasteiger partial charge in [0, 0.05) is 12.3 Å². The third-order valence-electron chi connectivity index (χ3n) is 2.35. The van der Waals surface area contributed by atoms with Gasteiger partial charge < -0.3 is 10.5 Å². The minimum atomic E-state index is 0.161. The van der Waals surface area contributed by atoms with Crippen molar-refractivity contribution in [1.29, 1.82) is 0 Å². The Hall–Kier alpha value is -1.88. The van der Waals surface area contributed by atoms with Crippen molar-refractivity contribution in [2.24, 2.45) is 0 Å². The number of rotatable bonds is 3. The van der Waals surface area contributed by atoms with E-state index in [2.05, 4.69) is 15.0 Å². The van der Waals surface area contributed by atoms with Gasteiger partial charge in [0.05, 0.1) is 16.8 Å². The summed E-state index contributed by atoms with van der Waals surface area (Å²) in [5, 5.41) is 0.501. The number of nitrogens with zero attached hydrogens (tertiary/aromatic N) is 3. The first-order valence-electron chi connectivity index (χ1n) is 5.46. The van der Waals surface area contributed by atoms with E-state index in [1.165, 1.54) is 12.5 Å². The van der Waals surface area contributed by atoms with Crippen LogP contribution in [-0.4, -0.2) is 15.0 Å². The lowest BCUT2D eigenvalue weighted by molar-refractivity contribution is 0.450. The molecule has 0 aliphatic rings. The third kappa shape index (κ3) is 2.68. The van der Waals surface area contributed by atoms with Crippen molar-refractivity contribution in [1.82, 2.24) is 15.0 Å². The number of aromatic nitrogens is 3. The lowest BCUT2D eigenvalue weighted by atomic mass is 10.1. The van der Waals surface area contributed by atoms with Crippen LogP contribution in [0.1, 0.15) is 25.3 Å². The molecule has 2 N–H and O–H groups in total. The van der Waals surface area contributed by atoms with Crippen molar-refractivity contribution in [3.8, 4) is 11.6 Å². The van der Waals surface area contributed by atoms with Crippen LogP contribution in [0.5, 0.6) is 11.6 Å². The van der Waals surface area contributed by atoms with Gasteiger partial charge in [0.25, 0.3) is 0 Å². The minimum Gasteiger partial charge on any atom is -0.437 e. The Labute approximate surface area is 110 Å². The summed E-state index contributed by atoms with van der Waals surface area (Å²) in [5.41, 5.74) is 6.61. The van der Waals surface area contributed by atoms with Crippen molar-refractivity contribution in [2.75, 3.05) is 5.73 Å². The van der Waals surface area contributed by atoms with E-state index in [0.717, 1.165) is 5.56 Å². The topological polar surface area (TPSA) is 73.9 Å². The van der Waals surface area contributed by atoms with Crippen LogP contribution >= 0.6 is 11.6 Å². The molecule has 0 aliphatic carbocycles. The van der Waals surface area contributed by atoms with Crippen molar-refractivity contribution in [3.05, 3.63) is 35.4 Å². The summed E-state index contributed by atoms with van der Waals surface area (Å²) < 4.78 is 5.65. The number of pyridine rings is 1. The van der Waals surface area contributed by atoms with E-state index in [1.807, 2.05) is 13.8 Å². The molecule has 0 atom stereocenters. The SMILES string of the molecule is CC(C)c1c(N)ncnc1Oc1cncc(Cl)c1. The van der Waals surface area contributed by atoms with Crippen molar-refractivity contribution in [3.63, 3.8) is 0 Å². The van der Waals surface area contributed by atoms with Gasteiger partial charge in [0.15, 0.2) is 0 Å². The van der Waals surface area contributed by atoms with E-state index < -0.39 is 0 Å². The molecule has 0 fully saturated rings. The molecule has 2 aromatic heterocycles. The normalized spacial score (nSPS) is 10.7. The second-order valence-electron chi connectivity index (χ2n) is 4.07. The maximum Gasteiger partial charge on any atom is 0.227 e. The number of halogens is 1. The lowest BCUT2D eigenvalue weighted by Gasteiger charge is -2.13. The number of hydrogen-bond acceptors (Lipinski definition) is 5. The Morgan fingerprint density at radius 1 is 1.28 bits per heavy atom. The number of ether oxygens (including phenoxy) is 1. The van der Waals surface area contributed by atoms with Gasteiger partial charge in [0.1, 0.15) is 17.9 Å². The molecule has 0 unspecified atom stereocenters. The average Bonchev–Trinajstić information content (AvgIpc) is 2.28. The molecule has 18 heavy (non-hydrogen) atoms. The van der Waals surface area contributed by atoms with Crippen LogP contribution in [0.4, 0.5) is 5.82 Å². The summed E-state index contributed by atoms with van der Waals surface area (Å²) in [6.07, 6.45) is 4.47. The van der Waals surface area contributed by atoms with Crippen LogP contribution in [0, 0.1) is 0 Å². The monoisotopic (exact) mass is 264 g/mol. The van der Waals surface area contributed by atoms with E-state index in [0.29, 0.717) is 22.5 Å². The molecular weight excluding hydrogens is 252 g/mol. The predicted octanol–water partition coefficient (Wildman–Crippen LogP) is 3.02. The highest BCUT2D eigenvalue weighted by Gasteiger charge is 2.15. The Morgan fingerprint density at radius 2 is 2.06 bits per heavy atom. The molecule has 0 aromatic carbocycles. The highest BCUT2D eigenvalue weighted by molar-refractivity contribution is 6.30. The van der Waals surface area contributed by atoms with Crippen LogP contribution in [0.2, 0.25) is 5.02 Å². The molecule has 0 saturated heterocycles. The summed E-state index contributed by atoms with van der Waals surface area (Å²) in [7, 11) is 0. The summed E-state index contributed by atoms with van der Waals surface area (Å²) in [5.74, 6) is 1.53. The molecule has 94 valence electrons. The second-order valence-corrected chi connectivity index (χ2v) is 4.51. The average molecular weight is 265 g/mol. The summed E-state index contributed by atoms with van der Waals surface area (Å²) >= 11 is 5.84. The van der Waals surface area contributed by atoms with Gasteiger partial charge in [-0.25, -0.2) is 9.97 Å². The van der Waals surface area contributed by atoms with Gasteiger partial charge in [-0.15, -0.1) is 0 Å². The maximum atomic E-state index is 5.84. The molecule has 0 saturated carbocycles. The van der Waals surface area contributed by atoms with Crippen molar-refractivity contribution >= 4 is 17.4 Å². The summed E-state index contributed by atoms with van der Waals surface area (Å²) in [4.78, 5) is 12.0. The zero-order valence-electron chi connectivity index (χ0n) is 10.1. The molecule has 2 heterocycles. The van der Waals surface area contributed by atoms with Crippen LogP contribution < -0.4 is 10.5 Å². The fraction of sp³-hybridized carbons (Fsp3) is 0.250. The molecule has 0 amide bonds. The van der Waals surface area contributed by atoms with Crippen molar-refractivity contribution < 1.29 is 4.74 Å². The number of anilines is 1. The van der Waals surface area contributed by atoms with Crippen LogP contribution in [0.15, 0.2) is 24.8 Å². The van der Waals surface area contributed by atoms with E-state index in [-0.39, 0.29) is 5.92 Å². The molecular formula is C12H13ClN4O. The number of hydrogen-bond donors (Lipinski definition) is 1. The lowest BCUT2D eigenvalue weighted by Crippen LogP contribution is -2.04. The molecule has 0 radical (unpaired) electrons. The molecule has 2 aromatic rings. The van der Waals surface area contributed by atoms with E-state index in [9.17, 15) is 0 Å². The number of nitrogen functional groups attached to an aromatic ring is 1. The summed E-state index contributed by atoms with van der Waals surface area (Å²) in [6, 6.07) is 1.66. The standard InChI is InChI=1S/C12H13ClN4O/c1-7(2)10-11(14)16-6-17-12(10)18-9-3-8(13)4-15-5-9/h3-7H,1-2H3,(H2,14,16,17). The van der Waals surface area contributed by atoms with Gasteiger partial charge in [-0.2, -0.15) is 0 Å². The van der Waals surface area contributed by atoms with Gasteiger partial charge in [-0.1, -0.05) is 25.4 Å². The maximum absolute atomic E-state index is 5.84. The smallest absolute Gasteiger partial charge is 0.227 e. The van der Waals surface area contributed by atoms with Crippen LogP contribution in [0.25, 0.3) is 0 Å². The minimum absolute atomic E-state index is 0.161. The Morgan fingerprint density at radius 3 is 2.72 bits per heavy atom. The summed E-state index contributed by atoms with van der Waals surface area (Å²) in [6.45, 7) is 4.00. The number of nitrogens with two attached hydrogens (primary N) is 1. The van der Waals surface area contributed by atoms with Gasteiger partial charge in [0.2, 0.25) is 5.88 Å². The Bertz CT molecular complexity index is 560. The quantitative estimate of drug-likeness (QED) is 0.922.